The second kappa shape index (κ2) is 7.70. The molecule has 1 aromatic rings. The number of rotatable bonds is 3. The van der Waals surface area contributed by atoms with Gasteiger partial charge in [0, 0.05) is 5.57 Å². The van der Waals surface area contributed by atoms with E-state index in [9.17, 15) is 14.7 Å². The summed E-state index contributed by atoms with van der Waals surface area (Å²) in [6, 6.07) is 5.94. The van der Waals surface area contributed by atoms with Crippen molar-refractivity contribution < 1.29 is 24.2 Å². The van der Waals surface area contributed by atoms with Gasteiger partial charge in [-0.15, -0.1) is 0 Å². The van der Waals surface area contributed by atoms with Crippen LogP contribution >= 0.6 is 0 Å². The Labute approximate surface area is 145 Å². The number of ether oxygens (including phenoxy) is 2. The number of hydrogen-bond donors (Lipinski definition) is 1. The predicted octanol–water partition coefficient (Wildman–Crippen LogP) is 2.43. The van der Waals surface area contributed by atoms with E-state index in [1.165, 1.54) is 12.1 Å². The maximum absolute atomic E-state index is 12.4. The van der Waals surface area contributed by atoms with Crippen LogP contribution in [-0.4, -0.2) is 35.9 Å². The van der Waals surface area contributed by atoms with Crippen LogP contribution in [0.1, 0.15) is 40.0 Å². The molecule has 25 heavy (non-hydrogen) atoms. The Morgan fingerprint density at radius 2 is 2.00 bits per heavy atom. The molecule has 2 aliphatic rings. The first-order valence-electron chi connectivity index (χ1n) is 7.97. The molecule has 1 aliphatic heterocycles. The number of fused-ring (bicyclic) bond motifs is 1. The van der Waals surface area contributed by atoms with Gasteiger partial charge in [-0.25, -0.2) is 9.59 Å². The van der Waals surface area contributed by atoms with Gasteiger partial charge in [-0.05, 0) is 25.0 Å². The van der Waals surface area contributed by atoms with Gasteiger partial charge in [0.1, 0.15) is 6.61 Å². The van der Waals surface area contributed by atoms with Crippen LogP contribution in [0.25, 0.3) is 0 Å². The largest absolute Gasteiger partial charge is 0.478 e. The van der Waals surface area contributed by atoms with Gasteiger partial charge in [0.2, 0.25) is 0 Å². The highest BCUT2D eigenvalue weighted by Crippen LogP contribution is 2.21. The van der Waals surface area contributed by atoms with Gasteiger partial charge >= 0.3 is 11.9 Å². The molecule has 0 fully saturated rings. The van der Waals surface area contributed by atoms with Crippen LogP contribution < -0.4 is 0 Å². The fourth-order valence-corrected chi connectivity index (χ4v) is 2.67. The Hall–Kier alpha value is -3.02. The SMILES string of the molecule is O=C(O)c1ccccc1C(=O)OC1C#CC2=CCCC2OCC#CC1. The molecule has 0 amide bonds. The summed E-state index contributed by atoms with van der Waals surface area (Å²) in [5.41, 5.74) is 0.789. The van der Waals surface area contributed by atoms with Gasteiger partial charge in [-0.2, -0.15) is 0 Å². The molecule has 3 rings (SSSR count). The Morgan fingerprint density at radius 3 is 2.80 bits per heavy atom. The summed E-state index contributed by atoms with van der Waals surface area (Å²) < 4.78 is 11.1. The number of hydrogen-bond acceptors (Lipinski definition) is 4. The van der Waals surface area contributed by atoms with Crippen LogP contribution in [0.3, 0.4) is 0 Å². The number of carbonyl (C=O) groups is 2. The summed E-state index contributed by atoms with van der Waals surface area (Å²) in [6.45, 7) is 0.312. The lowest BCUT2D eigenvalue weighted by Gasteiger charge is -2.13. The minimum absolute atomic E-state index is 0.00291. The fourth-order valence-electron chi connectivity index (χ4n) is 2.67. The lowest BCUT2D eigenvalue weighted by atomic mass is 10.1. The van der Waals surface area contributed by atoms with E-state index in [2.05, 4.69) is 23.7 Å². The maximum atomic E-state index is 12.4. The third kappa shape index (κ3) is 4.09. The van der Waals surface area contributed by atoms with Gasteiger partial charge in [-0.1, -0.05) is 41.9 Å². The van der Waals surface area contributed by atoms with Gasteiger partial charge in [-0.3, -0.25) is 0 Å². The number of aromatic carboxylic acids is 1. The molecule has 1 heterocycles. The zero-order valence-electron chi connectivity index (χ0n) is 13.5. The minimum Gasteiger partial charge on any atom is -0.478 e. The van der Waals surface area contributed by atoms with Crippen molar-refractivity contribution >= 4 is 11.9 Å². The summed E-state index contributed by atoms with van der Waals surface area (Å²) in [5.74, 6) is 9.82. The van der Waals surface area contributed by atoms with Crippen molar-refractivity contribution in [2.24, 2.45) is 0 Å². The summed E-state index contributed by atoms with van der Waals surface area (Å²) in [7, 11) is 0. The molecule has 126 valence electrons. The van der Waals surface area contributed by atoms with Crippen LogP contribution in [0.4, 0.5) is 0 Å². The van der Waals surface area contributed by atoms with Gasteiger partial charge in [0.05, 0.1) is 23.7 Å². The van der Waals surface area contributed by atoms with Crippen molar-refractivity contribution in [3.63, 3.8) is 0 Å². The molecular formula is C20H16O5. The van der Waals surface area contributed by atoms with Crippen molar-refractivity contribution in [2.75, 3.05) is 6.61 Å². The Kier molecular flexibility index (Phi) is 5.18. The van der Waals surface area contributed by atoms with E-state index in [4.69, 9.17) is 9.47 Å². The first kappa shape index (κ1) is 16.8. The molecule has 1 aliphatic carbocycles. The first-order valence-corrected chi connectivity index (χ1v) is 7.97. The molecule has 1 aromatic carbocycles. The van der Waals surface area contributed by atoms with E-state index in [0.29, 0.717) is 6.61 Å². The zero-order valence-corrected chi connectivity index (χ0v) is 13.5. The fraction of sp³-hybridized carbons (Fsp3) is 0.300. The Balaban J connectivity index is 1.80. The predicted molar refractivity (Wildman–Crippen MR) is 89.8 cm³/mol. The van der Waals surface area contributed by atoms with Crippen molar-refractivity contribution in [3.8, 4) is 23.7 Å². The lowest BCUT2D eigenvalue weighted by molar-refractivity contribution is 0.0410. The smallest absolute Gasteiger partial charge is 0.340 e. The maximum Gasteiger partial charge on any atom is 0.340 e. The molecular weight excluding hydrogens is 320 g/mol. The molecule has 0 spiro atoms. The normalized spacial score (nSPS) is 21.5. The van der Waals surface area contributed by atoms with E-state index in [1.807, 2.05) is 6.08 Å². The third-order valence-corrected chi connectivity index (χ3v) is 3.91. The van der Waals surface area contributed by atoms with Gasteiger partial charge in [0.15, 0.2) is 6.10 Å². The van der Waals surface area contributed by atoms with Gasteiger partial charge in [0.25, 0.3) is 0 Å². The summed E-state index contributed by atoms with van der Waals surface area (Å²) >= 11 is 0. The van der Waals surface area contributed by atoms with Crippen molar-refractivity contribution in [1.29, 1.82) is 0 Å². The summed E-state index contributed by atoms with van der Waals surface area (Å²) in [4.78, 5) is 23.6. The van der Waals surface area contributed by atoms with E-state index in [0.717, 1.165) is 18.4 Å². The second-order valence-corrected chi connectivity index (χ2v) is 5.61. The topological polar surface area (TPSA) is 72.8 Å². The molecule has 2 unspecified atom stereocenters. The van der Waals surface area contributed by atoms with Crippen LogP contribution in [0, 0.1) is 23.7 Å². The molecule has 0 radical (unpaired) electrons. The van der Waals surface area contributed by atoms with Crippen molar-refractivity contribution in [1.82, 2.24) is 0 Å². The number of benzene rings is 1. The summed E-state index contributed by atoms with van der Waals surface area (Å²) in [5, 5.41) is 9.19. The molecule has 1 N–H and O–H groups in total. The molecule has 2 atom stereocenters. The lowest BCUT2D eigenvalue weighted by Crippen LogP contribution is -2.19. The Morgan fingerprint density at radius 1 is 1.20 bits per heavy atom. The van der Waals surface area contributed by atoms with Crippen molar-refractivity contribution in [3.05, 3.63) is 47.0 Å². The van der Waals surface area contributed by atoms with E-state index in [1.54, 1.807) is 12.1 Å². The quantitative estimate of drug-likeness (QED) is 0.678. The van der Waals surface area contributed by atoms with Crippen LogP contribution in [-0.2, 0) is 9.47 Å². The summed E-state index contributed by atoms with van der Waals surface area (Å²) in [6.07, 6.45) is 3.27. The number of esters is 1. The average molecular weight is 336 g/mol. The molecule has 5 heteroatoms. The molecule has 5 nitrogen and oxygen atoms in total. The average Bonchev–Trinajstić information content (AvgIpc) is 3.06. The van der Waals surface area contributed by atoms with Crippen LogP contribution in [0.15, 0.2) is 35.9 Å². The highest BCUT2D eigenvalue weighted by molar-refractivity contribution is 6.02. The van der Waals surface area contributed by atoms with E-state index in [-0.39, 0.29) is 23.7 Å². The third-order valence-electron chi connectivity index (χ3n) is 3.91. The molecule has 0 aromatic heterocycles. The molecule has 0 saturated carbocycles. The van der Waals surface area contributed by atoms with E-state index >= 15 is 0 Å². The number of carbonyl (C=O) groups excluding carboxylic acids is 1. The number of allylic oxidation sites excluding steroid dienone is 1. The first-order chi connectivity index (χ1) is 12.1. The second-order valence-electron chi connectivity index (χ2n) is 5.61. The number of carboxylic acids is 1. The van der Waals surface area contributed by atoms with Crippen LogP contribution in [0.2, 0.25) is 0 Å². The highest BCUT2D eigenvalue weighted by atomic mass is 16.5. The van der Waals surface area contributed by atoms with E-state index < -0.39 is 18.0 Å². The number of carboxylic acid groups (broad SMARTS) is 1. The zero-order chi connectivity index (χ0) is 17.6. The Bertz CT molecular complexity index is 844. The standard InChI is InChI=1S/C20H16O5/c21-19(22)16-8-1-2-9-17(16)20(23)25-15-7-3-4-13-24-18-10-5-6-14(18)11-12-15/h1-2,6,8-9,15,18H,5,7,10,13H2,(H,21,22). The van der Waals surface area contributed by atoms with Crippen LogP contribution in [0.5, 0.6) is 0 Å². The minimum atomic E-state index is -1.18. The van der Waals surface area contributed by atoms with Gasteiger partial charge < -0.3 is 14.6 Å². The molecule has 0 bridgehead atoms. The molecule has 0 saturated heterocycles. The van der Waals surface area contributed by atoms with Crippen molar-refractivity contribution in [2.45, 2.75) is 31.5 Å². The highest BCUT2D eigenvalue weighted by Gasteiger charge is 2.21. The monoisotopic (exact) mass is 336 g/mol.